The Morgan fingerprint density at radius 2 is 1.46 bits per heavy atom. The maximum Gasteiger partial charge on any atom is 0.264 e. The molecule has 0 saturated heterocycles. The van der Waals surface area contributed by atoms with Gasteiger partial charge in [0.05, 0.1) is 10.6 Å². The Bertz CT molecular complexity index is 1430. The molecule has 208 valence electrons. The van der Waals surface area contributed by atoms with Crippen molar-refractivity contribution in [2.24, 2.45) is 0 Å². The van der Waals surface area contributed by atoms with Gasteiger partial charge in [0.25, 0.3) is 10.0 Å². The van der Waals surface area contributed by atoms with Crippen LogP contribution in [0.5, 0.6) is 0 Å². The van der Waals surface area contributed by atoms with Gasteiger partial charge in [-0.3, -0.25) is 13.9 Å². The van der Waals surface area contributed by atoms with Crippen LogP contribution in [0.4, 0.5) is 5.69 Å². The minimum Gasteiger partial charge on any atom is -0.352 e. The van der Waals surface area contributed by atoms with Crippen molar-refractivity contribution in [3.8, 4) is 0 Å². The van der Waals surface area contributed by atoms with Crippen LogP contribution in [-0.4, -0.2) is 43.8 Å². The lowest BCUT2D eigenvalue weighted by atomic mass is 10.1. The molecule has 0 aliphatic rings. The normalized spacial score (nSPS) is 12.2. The Hall–Kier alpha value is -2.78. The monoisotopic (exact) mass is 609 g/mol. The summed E-state index contributed by atoms with van der Waals surface area (Å²) >= 11 is 18.5. The van der Waals surface area contributed by atoms with Crippen molar-refractivity contribution in [2.45, 2.75) is 51.2 Å². The topological polar surface area (TPSA) is 86.8 Å². The fraction of sp³-hybridized carbons (Fsp3) is 0.286. The molecule has 0 aliphatic carbocycles. The quantitative estimate of drug-likeness (QED) is 0.301. The number of halogens is 3. The predicted octanol–water partition coefficient (Wildman–Crippen LogP) is 6.09. The zero-order valence-electron chi connectivity index (χ0n) is 22.0. The van der Waals surface area contributed by atoms with Gasteiger partial charge in [-0.15, -0.1) is 0 Å². The minimum absolute atomic E-state index is 0.0220. The standard InChI is InChI=1S/C28H30Cl3N3O4S/c1-18(2)32-28(36)20(4)33(16-21-7-8-23(30)15-26(21)31)27(35)17-34(24-11-9-22(29)10-12-24)39(37,38)25-13-5-19(3)6-14-25/h5-15,18,20H,16-17H2,1-4H3,(H,32,36). The zero-order chi connectivity index (χ0) is 28.9. The summed E-state index contributed by atoms with van der Waals surface area (Å²) in [5.41, 5.74) is 1.69. The Balaban J connectivity index is 2.04. The van der Waals surface area contributed by atoms with Crippen molar-refractivity contribution >= 4 is 62.3 Å². The van der Waals surface area contributed by atoms with Gasteiger partial charge in [0, 0.05) is 27.7 Å². The summed E-state index contributed by atoms with van der Waals surface area (Å²) in [5.74, 6) is -0.985. The van der Waals surface area contributed by atoms with Crippen LogP contribution in [0.2, 0.25) is 15.1 Å². The van der Waals surface area contributed by atoms with Gasteiger partial charge in [0.2, 0.25) is 11.8 Å². The molecule has 7 nitrogen and oxygen atoms in total. The Morgan fingerprint density at radius 3 is 2.03 bits per heavy atom. The van der Waals surface area contributed by atoms with Gasteiger partial charge in [0.15, 0.2) is 0 Å². The molecule has 1 N–H and O–H groups in total. The maximum atomic E-state index is 13.9. The molecule has 3 aromatic rings. The van der Waals surface area contributed by atoms with E-state index in [0.29, 0.717) is 20.6 Å². The molecule has 11 heteroatoms. The van der Waals surface area contributed by atoms with Crippen molar-refractivity contribution < 1.29 is 18.0 Å². The zero-order valence-corrected chi connectivity index (χ0v) is 25.1. The highest BCUT2D eigenvalue weighted by Crippen LogP contribution is 2.27. The number of carbonyl (C=O) groups is 2. The number of aryl methyl sites for hydroxylation is 1. The molecule has 0 bridgehead atoms. The smallest absolute Gasteiger partial charge is 0.264 e. The number of anilines is 1. The van der Waals surface area contributed by atoms with Crippen LogP contribution in [0.15, 0.2) is 71.6 Å². The molecule has 0 radical (unpaired) electrons. The second-order valence-electron chi connectivity index (χ2n) is 9.40. The maximum absolute atomic E-state index is 13.9. The number of benzene rings is 3. The third-order valence-corrected chi connectivity index (χ3v) is 8.58. The van der Waals surface area contributed by atoms with Gasteiger partial charge in [-0.2, -0.15) is 0 Å². The third-order valence-electron chi connectivity index (χ3n) is 5.96. The fourth-order valence-electron chi connectivity index (χ4n) is 3.79. The van der Waals surface area contributed by atoms with Gasteiger partial charge in [0.1, 0.15) is 12.6 Å². The molecular weight excluding hydrogens is 581 g/mol. The average molecular weight is 611 g/mol. The second kappa shape index (κ2) is 13.0. The first-order valence-electron chi connectivity index (χ1n) is 12.2. The van der Waals surface area contributed by atoms with Crippen LogP contribution in [0, 0.1) is 6.92 Å². The average Bonchev–Trinajstić information content (AvgIpc) is 2.86. The molecule has 39 heavy (non-hydrogen) atoms. The van der Waals surface area contributed by atoms with Gasteiger partial charge in [-0.25, -0.2) is 8.42 Å². The molecule has 1 unspecified atom stereocenters. The van der Waals surface area contributed by atoms with Crippen molar-refractivity contribution in [1.82, 2.24) is 10.2 Å². The highest BCUT2D eigenvalue weighted by atomic mass is 35.5. The molecule has 3 aromatic carbocycles. The molecule has 0 heterocycles. The third kappa shape index (κ3) is 7.88. The number of rotatable bonds is 10. The summed E-state index contributed by atoms with van der Waals surface area (Å²) in [7, 11) is -4.17. The van der Waals surface area contributed by atoms with Crippen molar-refractivity contribution in [3.05, 3.63) is 92.9 Å². The van der Waals surface area contributed by atoms with Gasteiger partial charge in [-0.1, -0.05) is 58.6 Å². The molecule has 0 aliphatic heterocycles. The number of hydrogen-bond donors (Lipinski definition) is 1. The number of hydrogen-bond acceptors (Lipinski definition) is 4. The van der Waals surface area contributed by atoms with Crippen LogP contribution >= 0.6 is 34.8 Å². The minimum atomic E-state index is -4.17. The highest BCUT2D eigenvalue weighted by Gasteiger charge is 2.33. The van der Waals surface area contributed by atoms with E-state index in [1.165, 1.54) is 29.2 Å². The number of carbonyl (C=O) groups excluding carboxylic acids is 2. The lowest BCUT2D eigenvalue weighted by Gasteiger charge is -2.32. The summed E-state index contributed by atoms with van der Waals surface area (Å²) < 4.78 is 28.6. The van der Waals surface area contributed by atoms with E-state index < -0.39 is 28.5 Å². The molecular formula is C28H30Cl3N3O4S. The summed E-state index contributed by atoms with van der Waals surface area (Å²) in [6.07, 6.45) is 0. The lowest BCUT2D eigenvalue weighted by molar-refractivity contribution is -0.139. The SMILES string of the molecule is Cc1ccc(S(=O)(=O)N(CC(=O)N(Cc2ccc(Cl)cc2Cl)C(C)C(=O)NC(C)C)c2ccc(Cl)cc2)cc1. The van der Waals surface area contributed by atoms with E-state index in [9.17, 15) is 18.0 Å². The first-order valence-corrected chi connectivity index (χ1v) is 14.8. The Labute approximate surface area is 244 Å². The summed E-state index contributed by atoms with van der Waals surface area (Å²) in [6, 6.07) is 16.2. The van der Waals surface area contributed by atoms with Crippen LogP contribution in [0.25, 0.3) is 0 Å². The van der Waals surface area contributed by atoms with E-state index in [4.69, 9.17) is 34.8 Å². The van der Waals surface area contributed by atoms with Crippen LogP contribution in [0.3, 0.4) is 0 Å². The van der Waals surface area contributed by atoms with Crippen LogP contribution < -0.4 is 9.62 Å². The number of nitrogens with one attached hydrogen (secondary N) is 1. The van der Waals surface area contributed by atoms with E-state index in [-0.39, 0.29) is 29.1 Å². The number of amides is 2. The molecule has 2 amide bonds. The summed E-state index contributed by atoms with van der Waals surface area (Å²) in [6.45, 7) is 6.44. The van der Waals surface area contributed by atoms with Crippen LogP contribution in [0.1, 0.15) is 31.9 Å². The van der Waals surface area contributed by atoms with Crippen LogP contribution in [-0.2, 0) is 26.2 Å². The van der Waals surface area contributed by atoms with Gasteiger partial charge >= 0.3 is 0 Å². The van der Waals surface area contributed by atoms with E-state index in [1.807, 2.05) is 20.8 Å². The summed E-state index contributed by atoms with van der Waals surface area (Å²) in [4.78, 5) is 28.2. The first kappa shape index (κ1) is 30.8. The molecule has 0 fully saturated rings. The summed E-state index contributed by atoms with van der Waals surface area (Å²) in [5, 5.41) is 3.96. The molecule has 3 rings (SSSR count). The van der Waals surface area contributed by atoms with E-state index in [1.54, 1.807) is 49.4 Å². The largest absolute Gasteiger partial charge is 0.352 e. The van der Waals surface area contributed by atoms with E-state index in [0.717, 1.165) is 9.87 Å². The number of nitrogens with zero attached hydrogens (tertiary/aromatic N) is 2. The predicted molar refractivity (Wildman–Crippen MR) is 157 cm³/mol. The molecule has 1 atom stereocenters. The first-order chi connectivity index (χ1) is 18.3. The number of sulfonamides is 1. The Kier molecular flexibility index (Phi) is 10.3. The van der Waals surface area contributed by atoms with E-state index in [2.05, 4.69) is 5.32 Å². The van der Waals surface area contributed by atoms with Gasteiger partial charge < -0.3 is 10.2 Å². The second-order valence-corrected chi connectivity index (χ2v) is 12.5. The van der Waals surface area contributed by atoms with Crippen molar-refractivity contribution in [2.75, 3.05) is 10.8 Å². The fourth-order valence-corrected chi connectivity index (χ4v) is 5.80. The van der Waals surface area contributed by atoms with Crippen molar-refractivity contribution in [1.29, 1.82) is 0 Å². The molecule has 0 saturated carbocycles. The lowest BCUT2D eigenvalue weighted by Crippen LogP contribution is -2.52. The highest BCUT2D eigenvalue weighted by molar-refractivity contribution is 7.92. The van der Waals surface area contributed by atoms with Crippen molar-refractivity contribution in [3.63, 3.8) is 0 Å². The Morgan fingerprint density at radius 1 is 0.872 bits per heavy atom. The van der Waals surface area contributed by atoms with Gasteiger partial charge in [-0.05, 0) is 81.8 Å². The van der Waals surface area contributed by atoms with E-state index >= 15 is 0 Å². The molecule has 0 spiro atoms. The molecule has 0 aromatic heterocycles.